The summed E-state index contributed by atoms with van der Waals surface area (Å²) in [5, 5.41) is 9.49. The molecule has 59 heavy (non-hydrogen) atoms. The number of esters is 1. The molecule has 0 atom stereocenters. The van der Waals surface area contributed by atoms with E-state index in [0.29, 0.717) is 32.5 Å². The number of hydrogen-bond donors (Lipinski definition) is 0. The van der Waals surface area contributed by atoms with E-state index in [4.69, 9.17) is 23.8 Å². The van der Waals surface area contributed by atoms with Crippen molar-refractivity contribution in [3.05, 3.63) is 68.7 Å². The average molecular weight is 916 g/mol. The summed E-state index contributed by atoms with van der Waals surface area (Å²) in [5.74, 6) is -1.16. The van der Waals surface area contributed by atoms with E-state index in [2.05, 4.69) is 69.1 Å². The third-order valence-corrected chi connectivity index (χ3v) is 9.24. The molecular weight excluding hydrogens is 851 g/mol. The fourth-order valence-corrected chi connectivity index (χ4v) is 6.36. The first-order chi connectivity index (χ1) is 27.1. The number of carbonyl (C=O) groups is 4. The summed E-state index contributed by atoms with van der Waals surface area (Å²) in [7, 11) is 0. The number of aliphatic carboxylic acids is 1. The summed E-state index contributed by atoms with van der Waals surface area (Å²) >= 11 is 3.63. The number of halogens is 1. The summed E-state index contributed by atoms with van der Waals surface area (Å²) in [6.45, 7) is 27.2. The molecule has 14 nitrogen and oxygen atoms in total. The standard InChI is InChI=1S/C21H32N2O4.C17H25BrN2O2.C4H8O2.CO2.K/c1-6-26-19(24)14-18-13-16(2)7-8-17(18)15-22-9-11-23(12-10-22)20(25)27-21(3,4)5;1-13-5-6-14(15(18)11-13)12-19-7-9-20(10-8-19)16(21)22-17(2,3)4;1-2-3-4(5)6;2-1-3;/h7-8,13H,6,9-12,14-15H2,1-5H3;5-6,11H,7-10,12H2,1-4H3;2-3H2,1H3,(H,5,6);;/q;;;;+1/p-1. The van der Waals surface area contributed by atoms with Crippen molar-refractivity contribution >= 4 is 46.2 Å². The van der Waals surface area contributed by atoms with Gasteiger partial charge in [0.15, 0.2) is 0 Å². The fraction of sp³-hybridized carbons (Fsp3) is 0.605. The van der Waals surface area contributed by atoms with E-state index in [-0.39, 0.29) is 82.1 Å². The van der Waals surface area contributed by atoms with Crippen LogP contribution in [0.15, 0.2) is 40.9 Å². The number of rotatable bonds is 9. The van der Waals surface area contributed by atoms with Crippen LogP contribution in [0.4, 0.5) is 9.59 Å². The van der Waals surface area contributed by atoms with Crippen molar-refractivity contribution in [2.75, 3.05) is 59.0 Å². The summed E-state index contributed by atoms with van der Waals surface area (Å²) < 4.78 is 17.1. The van der Waals surface area contributed by atoms with Crippen molar-refractivity contribution in [3.63, 3.8) is 0 Å². The third-order valence-electron chi connectivity index (χ3n) is 8.50. The zero-order valence-electron chi connectivity index (χ0n) is 37.1. The van der Waals surface area contributed by atoms with Crippen LogP contribution in [0.25, 0.3) is 0 Å². The second-order valence-corrected chi connectivity index (χ2v) is 16.9. The first-order valence-corrected chi connectivity index (χ1v) is 20.5. The third kappa shape index (κ3) is 25.0. The van der Waals surface area contributed by atoms with Crippen LogP contribution >= 0.6 is 15.9 Å². The van der Waals surface area contributed by atoms with Gasteiger partial charge in [-0.2, -0.15) is 9.59 Å². The molecule has 2 amide bonds. The first kappa shape index (κ1) is 56.3. The van der Waals surface area contributed by atoms with Gasteiger partial charge in [0.05, 0.1) is 13.0 Å². The molecule has 0 aromatic heterocycles. The predicted octanol–water partition coefficient (Wildman–Crippen LogP) is 2.92. The van der Waals surface area contributed by atoms with Crippen molar-refractivity contribution in [1.82, 2.24) is 19.6 Å². The van der Waals surface area contributed by atoms with E-state index < -0.39 is 17.2 Å². The first-order valence-electron chi connectivity index (χ1n) is 19.7. The van der Waals surface area contributed by atoms with Gasteiger partial charge in [-0.3, -0.25) is 14.6 Å². The Bertz CT molecular complexity index is 1640. The molecule has 0 spiro atoms. The summed E-state index contributed by atoms with van der Waals surface area (Å²) in [5.41, 5.74) is 4.93. The number of hydrogen-bond acceptors (Lipinski definition) is 12. The minimum Gasteiger partial charge on any atom is -0.550 e. The molecular formula is C43H64BrKN4O10. The Hall–Kier alpha value is -2.66. The fourth-order valence-electron chi connectivity index (χ4n) is 5.74. The van der Waals surface area contributed by atoms with E-state index in [1.807, 2.05) is 55.4 Å². The Kier molecular flexibility index (Phi) is 27.5. The van der Waals surface area contributed by atoms with Gasteiger partial charge in [0, 0.05) is 75.9 Å². The Labute approximate surface area is 402 Å². The topological polar surface area (TPSA) is 166 Å². The average Bonchev–Trinajstić information content (AvgIpc) is 3.11. The molecule has 2 fully saturated rings. The molecule has 0 N–H and O–H groups in total. The van der Waals surface area contributed by atoms with Gasteiger partial charge < -0.3 is 33.9 Å². The number of carbonyl (C=O) groups excluding carboxylic acids is 6. The van der Waals surface area contributed by atoms with Crippen LogP contribution in [0.1, 0.15) is 96.0 Å². The molecule has 2 saturated heterocycles. The van der Waals surface area contributed by atoms with E-state index in [1.165, 1.54) is 11.1 Å². The number of carboxylic acids is 1. The van der Waals surface area contributed by atoms with Crippen molar-refractivity contribution < 1.29 is 99.5 Å². The molecule has 2 heterocycles. The van der Waals surface area contributed by atoms with Crippen molar-refractivity contribution in [2.45, 2.75) is 113 Å². The normalized spacial score (nSPS) is 14.3. The number of ether oxygens (including phenoxy) is 3. The number of amides is 2. The van der Waals surface area contributed by atoms with Crippen LogP contribution in [0.5, 0.6) is 0 Å². The largest absolute Gasteiger partial charge is 1.00 e. The van der Waals surface area contributed by atoms with Crippen LogP contribution in [0, 0.1) is 13.8 Å². The molecule has 2 aromatic rings. The van der Waals surface area contributed by atoms with Crippen molar-refractivity contribution in [1.29, 1.82) is 0 Å². The van der Waals surface area contributed by atoms with Gasteiger partial charge in [-0.15, -0.1) is 0 Å². The maximum atomic E-state index is 12.2. The van der Waals surface area contributed by atoms with Crippen LogP contribution in [-0.2, 0) is 52.9 Å². The summed E-state index contributed by atoms with van der Waals surface area (Å²) in [6.07, 6.45) is 0.939. The maximum Gasteiger partial charge on any atom is 1.00 e. The Morgan fingerprint density at radius 1 is 0.695 bits per heavy atom. The van der Waals surface area contributed by atoms with Crippen LogP contribution in [0.2, 0.25) is 0 Å². The quantitative estimate of drug-likeness (QED) is 0.206. The smallest absolute Gasteiger partial charge is 0.550 e. The van der Waals surface area contributed by atoms with Crippen LogP contribution < -0.4 is 56.5 Å². The number of piperazine rings is 2. The zero-order valence-corrected chi connectivity index (χ0v) is 41.8. The minimum absolute atomic E-state index is 0. The molecule has 16 heteroatoms. The molecule has 0 unspecified atom stereocenters. The van der Waals surface area contributed by atoms with Crippen LogP contribution in [0.3, 0.4) is 0 Å². The molecule has 2 aliphatic heterocycles. The van der Waals surface area contributed by atoms with Gasteiger partial charge in [-0.1, -0.05) is 65.2 Å². The van der Waals surface area contributed by atoms with Crippen molar-refractivity contribution in [3.8, 4) is 0 Å². The second-order valence-electron chi connectivity index (χ2n) is 16.0. The number of nitrogens with zero attached hydrogens (tertiary/aromatic N) is 4. The molecule has 2 aliphatic rings. The van der Waals surface area contributed by atoms with E-state index in [1.54, 1.807) is 16.7 Å². The summed E-state index contributed by atoms with van der Waals surface area (Å²) in [4.78, 5) is 70.1. The Balaban J connectivity index is 0.000000943. The molecule has 0 radical (unpaired) electrons. The van der Waals surface area contributed by atoms with Gasteiger partial charge in [-0.25, -0.2) is 9.59 Å². The van der Waals surface area contributed by atoms with Crippen molar-refractivity contribution in [2.24, 2.45) is 0 Å². The molecule has 0 bridgehead atoms. The number of carboxylic acid groups (broad SMARTS) is 1. The molecule has 4 rings (SSSR count). The van der Waals surface area contributed by atoms with E-state index in [0.717, 1.165) is 73.5 Å². The Morgan fingerprint density at radius 2 is 1.10 bits per heavy atom. The summed E-state index contributed by atoms with van der Waals surface area (Å²) in [6, 6.07) is 12.7. The number of benzene rings is 2. The van der Waals surface area contributed by atoms with Gasteiger partial charge in [0.1, 0.15) is 11.2 Å². The van der Waals surface area contributed by atoms with Gasteiger partial charge in [0.25, 0.3) is 0 Å². The van der Waals surface area contributed by atoms with E-state index >= 15 is 0 Å². The molecule has 0 saturated carbocycles. The zero-order chi connectivity index (χ0) is 44.1. The van der Waals surface area contributed by atoms with Crippen LogP contribution in [-0.4, -0.2) is 120 Å². The number of aryl methyl sites for hydroxylation is 2. The van der Waals surface area contributed by atoms with E-state index in [9.17, 15) is 24.3 Å². The molecule has 324 valence electrons. The SMILES string of the molecule is CCCC(=O)[O-].CCOC(=O)Cc1cc(C)ccc1CN1CCN(C(=O)OC(C)(C)C)CC1.Cc1ccc(CN2CCN(C(=O)OC(C)(C)C)CC2)c(Br)c1.O=C=O.[K+]. The molecule has 2 aromatic carbocycles. The predicted molar refractivity (Wildman–Crippen MR) is 221 cm³/mol. The Morgan fingerprint density at radius 3 is 1.46 bits per heavy atom. The molecule has 0 aliphatic carbocycles. The monoisotopic (exact) mass is 914 g/mol. The maximum absolute atomic E-state index is 12.2. The minimum atomic E-state index is -0.961. The van der Waals surface area contributed by atoms with Gasteiger partial charge in [0.2, 0.25) is 0 Å². The van der Waals surface area contributed by atoms with Gasteiger partial charge >= 0.3 is 75.7 Å². The second kappa shape index (κ2) is 28.8. The van der Waals surface area contributed by atoms with Gasteiger partial charge in [-0.05, 0) is 97.1 Å².